The summed E-state index contributed by atoms with van der Waals surface area (Å²) in [6.07, 6.45) is -0.743. The van der Waals surface area contributed by atoms with Gasteiger partial charge in [0.1, 0.15) is 17.2 Å². The van der Waals surface area contributed by atoms with Crippen LogP contribution in [-0.4, -0.2) is 54.5 Å². The van der Waals surface area contributed by atoms with Gasteiger partial charge in [0.25, 0.3) is 0 Å². The molecule has 1 atom stereocenters. The molecule has 0 saturated heterocycles. The molecule has 28 heavy (non-hydrogen) atoms. The molecule has 0 aromatic rings. The lowest BCUT2D eigenvalue weighted by Crippen LogP contribution is -2.46. The maximum atomic E-state index is 12.4. The highest BCUT2D eigenvalue weighted by atomic mass is 16.6. The summed E-state index contributed by atoms with van der Waals surface area (Å²) >= 11 is 0. The van der Waals surface area contributed by atoms with E-state index in [1.54, 1.807) is 48.5 Å². The van der Waals surface area contributed by atoms with E-state index in [1.165, 1.54) is 0 Å². The van der Waals surface area contributed by atoms with Gasteiger partial charge in [-0.2, -0.15) is 0 Å². The lowest BCUT2D eigenvalue weighted by molar-refractivity contribution is -0.157. The van der Waals surface area contributed by atoms with E-state index in [1.807, 2.05) is 0 Å². The number of guanidine groups is 1. The number of ether oxygens (including phenoxy) is 3. The molecule has 0 fully saturated rings. The van der Waals surface area contributed by atoms with E-state index >= 15 is 0 Å². The Bertz CT molecular complexity index is 563. The number of nitrogens with one attached hydrogen (secondary N) is 2. The highest BCUT2D eigenvalue weighted by Crippen LogP contribution is 2.12. The lowest BCUT2D eigenvalue weighted by Gasteiger charge is -2.26. The van der Waals surface area contributed by atoms with Crippen LogP contribution in [0.4, 0.5) is 9.59 Å². The Morgan fingerprint density at radius 1 is 1.00 bits per heavy atom. The fourth-order valence-corrected chi connectivity index (χ4v) is 1.88. The van der Waals surface area contributed by atoms with Crippen molar-refractivity contribution in [1.82, 2.24) is 10.6 Å². The Morgan fingerprint density at radius 3 is 2.07 bits per heavy atom. The van der Waals surface area contributed by atoms with Gasteiger partial charge in [-0.25, -0.2) is 14.4 Å². The first-order chi connectivity index (χ1) is 12.7. The molecule has 4 N–H and O–H groups in total. The van der Waals surface area contributed by atoms with Crippen molar-refractivity contribution in [3.05, 3.63) is 0 Å². The normalized spacial score (nSPS) is 13.3. The Balaban J connectivity index is 4.78. The predicted octanol–water partition coefficient (Wildman–Crippen LogP) is 2.06. The van der Waals surface area contributed by atoms with Crippen molar-refractivity contribution in [1.29, 1.82) is 0 Å². The molecule has 0 aromatic carbocycles. The number of amides is 2. The van der Waals surface area contributed by atoms with E-state index in [4.69, 9.17) is 15.2 Å². The number of esters is 1. The van der Waals surface area contributed by atoms with Crippen molar-refractivity contribution in [2.75, 3.05) is 13.2 Å². The first-order valence-electron chi connectivity index (χ1n) is 9.19. The van der Waals surface area contributed by atoms with Gasteiger partial charge in [0, 0.05) is 6.54 Å². The standard InChI is InChI=1S/C18H34N4O6/c1-8-26-15(24)22-14(19)20-11-9-10-12(13(23)27-17(2,3)4)21-16(25)28-18(5,6)7/h12H,8-11H2,1-7H3,(H,21,25)(H3,19,20,22,24). The maximum absolute atomic E-state index is 12.4. The molecule has 0 aliphatic carbocycles. The molecule has 0 aliphatic heterocycles. The van der Waals surface area contributed by atoms with Crippen LogP contribution in [0, 0.1) is 0 Å². The first-order valence-corrected chi connectivity index (χ1v) is 9.19. The minimum atomic E-state index is -0.900. The van der Waals surface area contributed by atoms with Crippen LogP contribution in [0.2, 0.25) is 0 Å². The third kappa shape index (κ3) is 13.7. The monoisotopic (exact) mass is 402 g/mol. The van der Waals surface area contributed by atoms with Gasteiger partial charge in [0.05, 0.1) is 6.61 Å². The largest absolute Gasteiger partial charge is 0.458 e. The molecule has 2 amide bonds. The fraction of sp³-hybridized carbons (Fsp3) is 0.778. The SMILES string of the molecule is CCOC(=O)NC(N)=NCCCC(NC(=O)OC(C)(C)C)C(=O)OC(C)(C)C. The van der Waals surface area contributed by atoms with Crippen molar-refractivity contribution in [3.8, 4) is 0 Å². The first kappa shape index (κ1) is 25.5. The molecule has 0 aromatic heterocycles. The second kappa shape index (κ2) is 11.4. The van der Waals surface area contributed by atoms with Crippen LogP contribution in [-0.2, 0) is 19.0 Å². The van der Waals surface area contributed by atoms with E-state index in [0.717, 1.165) is 0 Å². The molecule has 10 nitrogen and oxygen atoms in total. The van der Waals surface area contributed by atoms with Crippen molar-refractivity contribution in [2.45, 2.75) is 78.6 Å². The van der Waals surface area contributed by atoms with Crippen LogP contribution in [0.3, 0.4) is 0 Å². The summed E-state index contributed by atoms with van der Waals surface area (Å²) in [7, 11) is 0. The van der Waals surface area contributed by atoms with Crippen LogP contribution < -0.4 is 16.4 Å². The van der Waals surface area contributed by atoms with Crippen LogP contribution >= 0.6 is 0 Å². The number of nitrogens with two attached hydrogens (primary N) is 1. The Kier molecular flexibility index (Phi) is 10.3. The topological polar surface area (TPSA) is 141 Å². The summed E-state index contributed by atoms with van der Waals surface area (Å²) in [5.41, 5.74) is 4.18. The Morgan fingerprint density at radius 2 is 1.57 bits per heavy atom. The molecule has 0 aliphatic rings. The van der Waals surface area contributed by atoms with Crippen LogP contribution in [0.1, 0.15) is 61.3 Å². The quantitative estimate of drug-likeness (QED) is 0.194. The van der Waals surface area contributed by atoms with Gasteiger partial charge >= 0.3 is 18.2 Å². The average molecular weight is 402 g/mol. The van der Waals surface area contributed by atoms with Gasteiger partial charge in [0.15, 0.2) is 5.96 Å². The summed E-state index contributed by atoms with van der Waals surface area (Å²) in [6.45, 7) is 12.5. The zero-order valence-electron chi connectivity index (χ0n) is 17.9. The molecule has 0 rings (SSSR count). The number of alkyl carbamates (subject to hydrolysis) is 2. The number of aliphatic imine (C=N–C) groups is 1. The van der Waals surface area contributed by atoms with Gasteiger partial charge < -0.3 is 25.3 Å². The van der Waals surface area contributed by atoms with Gasteiger partial charge in [-0.05, 0) is 61.3 Å². The summed E-state index contributed by atoms with van der Waals surface area (Å²) in [5.74, 6) is -0.660. The van der Waals surface area contributed by atoms with E-state index in [-0.39, 0.29) is 25.5 Å². The predicted molar refractivity (Wildman–Crippen MR) is 105 cm³/mol. The minimum Gasteiger partial charge on any atom is -0.458 e. The zero-order valence-corrected chi connectivity index (χ0v) is 17.9. The zero-order chi connectivity index (χ0) is 22.0. The summed E-state index contributed by atoms with van der Waals surface area (Å²) < 4.78 is 15.2. The maximum Gasteiger partial charge on any atom is 0.413 e. The van der Waals surface area contributed by atoms with Crippen molar-refractivity contribution >= 4 is 24.1 Å². The third-order valence-corrected chi connectivity index (χ3v) is 2.82. The van der Waals surface area contributed by atoms with Crippen molar-refractivity contribution < 1.29 is 28.6 Å². The summed E-state index contributed by atoms with van der Waals surface area (Å²) in [6, 6.07) is -0.900. The number of rotatable bonds is 7. The molecular formula is C18H34N4O6. The smallest absolute Gasteiger partial charge is 0.413 e. The number of hydrogen-bond acceptors (Lipinski definition) is 7. The number of hydrogen-bond donors (Lipinski definition) is 3. The highest BCUT2D eigenvalue weighted by molar-refractivity contribution is 5.92. The molecule has 0 saturated carbocycles. The van der Waals surface area contributed by atoms with Crippen LogP contribution in [0.25, 0.3) is 0 Å². The van der Waals surface area contributed by atoms with Gasteiger partial charge in [-0.1, -0.05) is 0 Å². The van der Waals surface area contributed by atoms with Gasteiger partial charge in [-0.3, -0.25) is 10.3 Å². The second-order valence-corrected chi connectivity index (χ2v) is 7.99. The summed E-state index contributed by atoms with van der Waals surface area (Å²) in [5, 5.41) is 4.79. The van der Waals surface area contributed by atoms with E-state index in [0.29, 0.717) is 6.42 Å². The molecular weight excluding hydrogens is 368 g/mol. The molecule has 1 unspecified atom stereocenters. The number of nitrogens with zero attached hydrogens (tertiary/aromatic N) is 1. The van der Waals surface area contributed by atoms with E-state index in [9.17, 15) is 14.4 Å². The number of carbonyl (C=O) groups is 3. The molecule has 0 spiro atoms. The van der Waals surface area contributed by atoms with Crippen molar-refractivity contribution in [2.24, 2.45) is 10.7 Å². The second-order valence-electron chi connectivity index (χ2n) is 7.99. The minimum absolute atomic E-state index is 0.0904. The fourth-order valence-electron chi connectivity index (χ4n) is 1.88. The van der Waals surface area contributed by atoms with E-state index < -0.39 is 35.4 Å². The lowest BCUT2D eigenvalue weighted by atomic mass is 10.1. The molecule has 0 radical (unpaired) electrons. The van der Waals surface area contributed by atoms with E-state index in [2.05, 4.69) is 20.4 Å². The molecule has 0 heterocycles. The molecule has 10 heteroatoms. The van der Waals surface area contributed by atoms with Gasteiger partial charge in [-0.15, -0.1) is 0 Å². The van der Waals surface area contributed by atoms with Gasteiger partial charge in [0.2, 0.25) is 0 Å². The van der Waals surface area contributed by atoms with Crippen molar-refractivity contribution in [3.63, 3.8) is 0 Å². The summed E-state index contributed by atoms with van der Waals surface area (Å²) in [4.78, 5) is 39.6. The highest BCUT2D eigenvalue weighted by Gasteiger charge is 2.28. The molecule has 162 valence electrons. The number of carbonyl (C=O) groups excluding carboxylic acids is 3. The Hall–Kier alpha value is -2.52. The van der Waals surface area contributed by atoms with Crippen LogP contribution in [0.5, 0.6) is 0 Å². The Labute approximate surface area is 166 Å². The third-order valence-electron chi connectivity index (χ3n) is 2.82. The molecule has 0 bridgehead atoms. The average Bonchev–Trinajstić information content (AvgIpc) is 2.46. The van der Waals surface area contributed by atoms with Crippen LogP contribution in [0.15, 0.2) is 4.99 Å².